The van der Waals surface area contributed by atoms with Crippen LogP contribution in [0.1, 0.15) is 5.69 Å². The van der Waals surface area contributed by atoms with Gasteiger partial charge in [-0.15, -0.1) is 11.3 Å². The molecule has 0 fully saturated rings. The maximum absolute atomic E-state index is 12.9. The normalized spacial score (nSPS) is 12.1. The van der Waals surface area contributed by atoms with Gasteiger partial charge in [0.15, 0.2) is 5.65 Å². The van der Waals surface area contributed by atoms with Crippen molar-refractivity contribution in [1.29, 1.82) is 0 Å². The predicted molar refractivity (Wildman–Crippen MR) is 95.4 cm³/mol. The van der Waals surface area contributed by atoms with Crippen LogP contribution in [0.2, 0.25) is 5.02 Å². The summed E-state index contributed by atoms with van der Waals surface area (Å²) in [6, 6.07) is 6.93. The molecule has 0 saturated carbocycles. The van der Waals surface area contributed by atoms with Crippen LogP contribution in [0, 0.1) is 6.92 Å². The summed E-state index contributed by atoms with van der Waals surface area (Å²) in [4.78, 5) is 4.39. The number of aryl methyl sites for hydroxylation is 1. The topological polar surface area (TPSA) is 76.4 Å². The van der Waals surface area contributed by atoms with Crippen molar-refractivity contribution in [2.45, 2.75) is 11.8 Å². The smallest absolute Gasteiger partial charge is 0.263 e. The molecular weight excluding hydrogens is 368 g/mol. The van der Waals surface area contributed by atoms with E-state index in [0.717, 1.165) is 4.70 Å². The Hall–Kier alpha value is -2.16. The highest BCUT2D eigenvalue weighted by Crippen LogP contribution is 2.33. The highest BCUT2D eigenvalue weighted by atomic mass is 35.5. The van der Waals surface area contributed by atoms with Crippen molar-refractivity contribution in [3.8, 4) is 0 Å². The lowest BCUT2D eigenvalue weighted by Crippen LogP contribution is -2.13. The Bertz CT molecular complexity index is 1180. The zero-order valence-corrected chi connectivity index (χ0v) is 14.8. The number of nitrogens with one attached hydrogen (secondary N) is 1. The fraction of sp³-hybridized carbons (Fsp3) is 0.0667. The van der Waals surface area contributed by atoms with Crippen molar-refractivity contribution in [3.63, 3.8) is 0 Å². The molecule has 0 amide bonds. The highest BCUT2D eigenvalue weighted by molar-refractivity contribution is 7.93. The van der Waals surface area contributed by atoms with E-state index in [9.17, 15) is 8.42 Å². The van der Waals surface area contributed by atoms with Crippen molar-refractivity contribution in [3.05, 3.63) is 52.8 Å². The molecule has 0 bridgehead atoms. The Balaban J connectivity index is 1.85. The molecule has 0 unspecified atom stereocenters. The summed E-state index contributed by atoms with van der Waals surface area (Å²) in [5.41, 5.74) is 1.38. The van der Waals surface area contributed by atoms with Gasteiger partial charge in [0.2, 0.25) is 0 Å². The Morgan fingerprint density at radius 2 is 2.17 bits per heavy atom. The van der Waals surface area contributed by atoms with E-state index in [4.69, 9.17) is 11.6 Å². The lowest BCUT2D eigenvalue weighted by atomic mass is 10.3. The molecule has 0 saturated heterocycles. The van der Waals surface area contributed by atoms with E-state index in [1.54, 1.807) is 42.9 Å². The molecule has 24 heavy (non-hydrogen) atoms. The van der Waals surface area contributed by atoms with Gasteiger partial charge in [0.25, 0.3) is 10.0 Å². The van der Waals surface area contributed by atoms with Gasteiger partial charge in [0.05, 0.1) is 5.69 Å². The molecule has 0 atom stereocenters. The SMILES string of the molecule is Cc1nn2cccnc2c1NS(=O)(=O)c1csc2ccc(Cl)cc12. The van der Waals surface area contributed by atoms with E-state index >= 15 is 0 Å². The van der Waals surface area contributed by atoms with Gasteiger partial charge in [-0.1, -0.05) is 11.6 Å². The second kappa shape index (κ2) is 5.44. The summed E-state index contributed by atoms with van der Waals surface area (Å²) in [5.74, 6) is 0. The van der Waals surface area contributed by atoms with E-state index in [0.29, 0.717) is 27.4 Å². The molecule has 6 nitrogen and oxygen atoms in total. The molecular formula is C15H11ClN4O2S2. The molecule has 1 N–H and O–H groups in total. The van der Waals surface area contributed by atoms with Gasteiger partial charge in [0.1, 0.15) is 10.6 Å². The molecule has 9 heteroatoms. The minimum Gasteiger partial charge on any atom is -0.274 e. The average Bonchev–Trinajstić information content (AvgIpc) is 3.09. The number of rotatable bonds is 3. The summed E-state index contributed by atoms with van der Waals surface area (Å²) in [6.07, 6.45) is 3.31. The van der Waals surface area contributed by atoms with Crippen LogP contribution in [-0.4, -0.2) is 23.0 Å². The predicted octanol–water partition coefficient (Wildman–Crippen LogP) is 3.71. The van der Waals surface area contributed by atoms with Crippen molar-refractivity contribution in [2.75, 3.05) is 4.72 Å². The Labute approximate surface area is 146 Å². The number of halogens is 1. The monoisotopic (exact) mass is 378 g/mol. The second-order valence-corrected chi connectivity index (χ2v) is 8.19. The fourth-order valence-corrected chi connectivity index (χ4v) is 5.26. The van der Waals surface area contributed by atoms with Crippen molar-refractivity contribution in [2.24, 2.45) is 0 Å². The van der Waals surface area contributed by atoms with Crippen LogP contribution < -0.4 is 4.72 Å². The first-order valence-electron chi connectivity index (χ1n) is 6.95. The lowest BCUT2D eigenvalue weighted by Gasteiger charge is -2.06. The van der Waals surface area contributed by atoms with Crippen LogP contribution in [0.15, 0.2) is 46.9 Å². The number of benzene rings is 1. The van der Waals surface area contributed by atoms with E-state index in [1.165, 1.54) is 15.9 Å². The minimum absolute atomic E-state index is 0.194. The Morgan fingerprint density at radius 3 is 3.00 bits per heavy atom. The van der Waals surface area contributed by atoms with E-state index in [2.05, 4.69) is 14.8 Å². The molecule has 0 aliphatic carbocycles. The fourth-order valence-electron chi connectivity index (χ4n) is 2.49. The van der Waals surface area contributed by atoms with Gasteiger partial charge in [-0.05, 0) is 31.2 Å². The molecule has 122 valence electrons. The molecule has 3 heterocycles. The summed E-state index contributed by atoms with van der Waals surface area (Å²) in [6.45, 7) is 1.73. The lowest BCUT2D eigenvalue weighted by molar-refractivity contribution is 0.602. The highest BCUT2D eigenvalue weighted by Gasteiger charge is 2.23. The molecule has 4 aromatic rings. The summed E-state index contributed by atoms with van der Waals surface area (Å²) >= 11 is 7.37. The number of anilines is 1. The third-order valence-corrected chi connectivity index (χ3v) is 6.33. The molecule has 0 aliphatic heterocycles. The van der Waals surface area contributed by atoms with Crippen molar-refractivity contribution < 1.29 is 8.42 Å². The second-order valence-electron chi connectivity index (χ2n) is 5.19. The first-order valence-corrected chi connectivity index (χ1v) is 9.69. The molecule has 1 aromatic carbocycles. The zero-order valence-electron chi connectivity index (χ0n) is 12.4. The minimum atomic E-state index is -3.79. The first-order chi connectivity index (χ1) is 11.5. The number of thiophene rings is 1. The molecule has 0 spiro atoms. The molecule has 0 radical (unpaired) electrons. The third-order valence-electron chi connectivity index (χ3n) is 3.60. The Kier molecular flexibility index (Phi) is 3.48. The number of fused-ring (bicyclic) bond motifs is 2. The van der Waals surface area contributed by atoms with Crippen molar-refractivity contribution >= 4 is 54.4 Å². The summed E-state index contributed by atoms with van der Waals surface area (Å²) in [5, 5.41) is 6.96. The van der Waals surface area contributed by atoms with Crippen LogP contribution in [0.3, 0.4) is 0 Å². The zero-order chi connectivity index (χ0) is 16.9. The molecule has 3 aromatic heterocycles. The summed E-state index contributed by atoms with van der Waals surface area (Å²) in [7, 11) is -3.79. The number of nitrogens with zero attached hydrogens (tertiary/aromatic N) is 3. The third kappa shape index (κ3) is 2.43. The average molecular weight is 379 g/mol. The van der Waals surface area contributed by atoms with Gasteiger partial charge < -0.3 is 0 Å². The quantitative estimate of drug-likeness (QED) is 0.589. The van der Waals surface area contributed by atoms with Crippen LogP contribution in [0.5, 0.6) is 0 Å². The number of sulfonamides is 1. The number of aromatic nitrogens is 3. The Morgan fingerprint density at radius 1 is 1.33 bits per heavy atom. The largest absolute Gasteiger partial charge is 0.274 e. The van der Waals surface area contributed by atoms with Gasteiger partial charge in [-0.25, -0.2) is 17.9 Å². The van der Waals surface area contributed by atoms with E-state index in [1.807, 2.05) is 6.07 Å². The van der Waals surface area contributed by atoms with Gasteiger partial charge >= 0.3 is 0 Å². The van der Waals surface area contributed by atoms with Crippen LogP contribution >= 0.6 is 22.9 Å². The van der Waals surface area contributed by atoms with E-state index in [-0.39, 0.29) is 4.90 Å². The maximum Gasteiger partial charge on any atom is 0.263 e. The van der Waals surface area contributed by atoms with Crippen LogP contribution in [-0.2, 0) is 10.0 Å². The van der Waals surface area contributed by atoms with Gasteiger partial charge in [-0.3, -0.25) is 4.72 Å². The van der Waals surface area contributed by atoms with Crippen LogP contribution in [0.4, 0.5) is 5.69 Å². The number of hydrogen-bond donors (Lipinski definition) is 1. The molecule has 0 aliphatic rings. The number of hydrogen-bond acceptors (Lipinski definition) is 5. The van der Waals surface area contributed by atoms with Gasteiger partial charge in [0, 0.05) is 32.9 Å². The van der Waals surface area contributed by atoms with Crippen molar-refractivity contribution in [1.82, 2.24) is 14.6 Å². The van der Waals surface area contributed by atoms with Crippen LogP contribution in [0.25, 0.3) is 15.7 Å². The first kappa shape index (κ1) is 15.4. The maximum atomic E-state index is 12.9. The standard InChI is InChI=1S/C15H11ClN4O2S2/c1-9-14(15-17-5-2-6-20(15)18-9)19-24(21,22)13-8-23-12-4-3-10(16)7-11(12)13/h2-8,19H,1H3. The van der Waals surface area contributed by atoms with E-state index < -0.39 is 10.0 Å². The van der Waals surface area contributed by atoms with Gasteiger partial charge in [-0.2, -0.15) is 5.10 Å². The summed E-state index contributed by atoms with van der Waals surface area (Å²) < 4.78 is 30.7. The molecule has 4 rings (SSSR count).